The minimum absolute atomic E-state index is 0.556. The smallest absolute Gasteiger partial charge is 0.0281 e. The van der Waals surface area contributed by atoms with E-state index in [2.05, 4.69) is 42.0 Å². The minimum atomic E-state index is 0.556. The number of nitrogens with one attached hydrogen (secondary N) is 1. The van der Waals surface area contributed by atoms with Crippen molar-refractivity contribution in [3.63, 3.8) is 0 Å². The van der Waals surface area contributed by atoms with Crippen molar-refractivity contribution in [2.75, 3.05) is 18.6 Å². The summed E-state index contributed by atoms with van der Waals surface area (Å²) in [5.41, 5.74) is 0. The molecular weight excluding hydrogens is 246 g/mol. The maximum absolute atomic E-state index is 3.89. The lowest BCUT2D eigenvalue weighted by atomic mass is 9.88. The van der Waals surface area contributed by atoms with Gasteiger partial charge in [-0.05, 0) is 37.7 Å². The summed E-state index contributed by atoms with van der Waals surface area (Å²) in [4.78, 5) is 0. The Morgan fingerprint density at radius 3 is 2.65 bits per heavy atom. The van der Waals surface area contributed by atoms with E-state index >= 15 is 0 Å². The predicted molar refractivity (Wildman–Crippen MR) is 82.3 cm³/mol. The second kappa shape index (κ2) is 6.72. The van der Waals surface area contributed by atoms with Gasteiger partial charge in [0, 0.05) is 22.6 Å². The first-order valence-electron chi connectivity index (χ1n) is 7.16. The molecule has 1 heterocycles. The zero-order valence-corrected chi connectivity index (χ0v) is 13.0. The Kier molecular flexibility index (Phi) is 5.56. The van der Waals surface area contributed by atoms with Gasteiger partial charge in [0.05, 0.1) is 0 Å². The Labute approximate surface area is 115 Å². The molecule has 0 aromatic heterocycles. The third kappa shape index (κ3) is 3.81. The maximum Gasteiger partial charge on any atom is 0.0281 e. The summed E-state index contributed by atoms with van der Waals surface area (Å²) in [6.45, 7) is 3.64. The van der Waals surface area contributed by atoms with E-state index in [0.717, 1.165) is 11.3 Å². The molecule has 2 atom stereocenters. The highest BCUT2D eigenvalue weighted by Crippen LogP contribution is 2.38. The lowest BCUT2D eigenvalue weighted by molar-refractivity contribution is 0.351. The van der Waals surface area contributed by atoms with E-state index in [-0.39, 0.29) is 0 Å². The molecule has 0 spiro atoms. The minimum Gasteiger partial charge on any atom is -0.312 e. The summed E-state index contributed by atoms with van der Waals surface area (Å²) in [6.07, 6.45) is 12.3. The van der Waals surface area contributed by atoms with Gasteiger partial charge < -0.3 is 5.32 Å². The van der Waals surface area contributed by atoms with E-state index in [1.54, 1.807) is 0 Å². The molecule has 1 N–H and O–H groups in total. The molecule has 2 fully saturated rings. The number of rotatable bonds is 4. The first-order valence-corrected chi connectivity index (χ1v) is 9.43. The van der Waals surface area contributed by atoms with Crippen molar-refractivity contribution in [2.24, 2.45) is 0 Å². The number of thioether (sulfide) groups is 2. The van der Waals surface area contributed by atoms with Crippen LogP contribution in [0, 0.1) is 0 Å². The van der Waals surface area contributed by atoms with Gasteiger partial charge in [0.2, 0.25) is 0 Å². The molecule has 1 saturated carbocycles. The maximum atomic E-state index is 3.89. The van der Waals surface area contributed by atoms with Gasteiger partial charge in [-0.15, -0.1) is 0 Å². The van der Waals surface area contributed by atoms with E-state index < -0.39 is 0 Å². The van der Waals surface area contributed by atoms with Gasteiger partial charge in [-0.3, -0.25) is 0 Å². The fourth-order valence-electron chi connectivity index (χ4n) is 3.16. The van der Waals surface area contributed by atoms with Crippen LogP contribution in [0.2, 0.25) is 0 Å². The zero-order valence-electron chi connectivity index (χ0n) is 11.3. The van der Waals surface area contributed by atoms with Gasteiger partial charge in [-0.1, -0.05) is 26.2 Å². The zero-order chi connectivity index (χ0) is 12.1. The van der Waals surface area contributed by atoms with Gasteiger partial charge in [-0.25, -0.2) is 0 Å². The van der Waals surface area contributed by atoms with E-state index in [4.69, 9.17) is 0 Å². The van der Waals surface area contributed by atoms with E-state index in [9.17, 15) is 0 Å². The molecule has 1 aliphatic heterocycles. The Bertz CT molecular complexity index is 226. The van der Waals surface area contributed by atoms with Crippen molar-refractivity contribution in [2.45, 2.75) is 67.9 Å². The van der Waals surface area contributed by atoms with Crippen LogP contribution in [0.3, 0.4) is 0 Å². The van der Waals surface area contributed by atoms with Crippen molar-refractivity contribution in [3.05, 3.63) is 0 Å². The van der Waals surface area contributed by atoms with Crippen LogP contribution >= 0.6 is 23.5 Å². The molecule has 0 aromatic carbocycles. The van der Waals surface area contributed by atoms with Crippen LogP contribution in [0.4, 0.5) is 0 Å². The van der Waals surface area contributed by atoms with Crippen LogP contribution in [-0.2, 0) is 0 Å². The van der Waals surface area contributed by atoms with Crippen LogP contribution in [0.25, 0.3) is 0 Å². The van der Waals surface area contributed by atoms with Crippen molar-refractivity contribution >= 4 is 23.5 Å². The van der Waals surface area contributed by atoms with E-state index in [1.807, 2.05) is 0 Å². The second-order valence-corrected chi connectivity index (χ2v) is 8.41. The molecule has 0 bridgehead atoms. The molecule has 1 aliphatic carbocycles. The highest BCUT2D eigenvalue weighted by molar-refractivity contribution is 8.00. The Hall–Kier alpha value is 0.660. The normalized spacial score (nSPS) is 33.5. The van der Waals surface area contributed by atoms with Gasteiger partial charge in [-0.2, -0.15) is 23.5 Å². The second-order valence-electron chi connectivity index (χ2n) is 5.65. The molecule has 0 radical (unpaired) electrons. The third-order valence-electron chi connectivity index (χ3n) is 4.49. The largest absolute Gasteiger partial charge is 0.312 e. The summed E-state index contributed by atoms with van der Waals surface area (Å²) in [5.74, 6) is 1.37. The summed E-state index contributed by atoms with van der Waals surface area (Å²) < 4.78 is 0.556. The quantitative estimate of drug-likeness (QED) is 0.833. The average molecular weight is 274 g/mol. The van der Waals surface area contributed by atoms with Gasteiger partial charge in [0.25, 0.3) is 0 Å². The van der Waals surface area contributed by atoms with Crippen molar-refractivity contribution in [1.29, 1.82) is 0 Å². The third-order valence-corrected chi connectivity index (χ3v) is 7.29. The van der Waals surface area contributed by atoms with Crippen LogP contribution in [0.15, 0.2) is 0 Å². The van der Waals surface area contributed by atoms with E-state index in [0.29, 0.717) is 4.75 Å². The van der Waals surface area contributed by atoms with Gasteiger partial charge >= 0.3 is 0 Å². The Balaban J connectivity index is 1.82. The molecule has 2 rings (SSSR count). The van der Waals surface area contributed by atoms with Crippen molar-refractivity contribution in [3.8, 4) is 0 Å². The average Bonchev–Trinajstić information content (AvgIpc) is 2.39. The SMILES string of the molecule is CSC1(CNC2CCCSC2C)CCCCC1. The fourth-order valence-corrected chi connectivity index (χ4v) is 5.25. The molecule has 0 aromatic rings. The van der Waals surface area contributed by atoms with Gasteiger partial charge in [0.15, 0.2) is 0 Å². The lowest BCUT2D eigenvalue weighted by Gasteiger charge is -2.39. The van der Waals surface area contributed by atoms with Crippen molar-refractivity contribution < 1.29 is 0 Å². The molecule has 3 heteroatoms. The van der Waals surface area contributed by atoms with Crippen LogP contribution < -0.4 is 5.32 Å². The van der Waals surface area contributed by atoms with E-state index in [1.165, 1.54) is 57.2 Å². The van der Waals surface area contributed by atoms with Crippen LogP contribution in [0.5, 0.6) is 0 Å². The number of hydrogen-bond donors (Lipinski definition) is 1. The Morgan fingerprint density at radius 1 is 1.24 bits per heavy atom. The molecule has 1 saturated heterocycles. The molecular formula is C14H27NS2. The lowest BCUT2D eigenvalue weighted by Crippen LogP contribution is -2.47. The van der Waals surface area contributed by atoms with Crippen molar-refractivity contribution in [1.82, 2.24) is 5.32 Å². The molecule has 2 aliphatic rings. The summed E-state index contributed by atoms with van der Waals surface area (Å²) in [7, 11) is 0. The highest BCUT2D eigenvalue weighted by Gasteiger charge is 2.32. The standard InChI is InChI=1S/C14H27NS2/c1-12-13(7-6-10-17-12)15-11-14(16-2)8-4-3-5-9-14/h12-13,15H,3-11H2,1-2H3. The number of hydrogen-bond acceptors (Lipinski definition) is 3. The first-order chi connectivity index (χ1) is 8.26. The molecule has 100 valence electrons. The molecule has 17 heavy (non-hydrogen) atoms. The summed E-state index contributed by atoms with van der Waals surface area (Å²) >= 11 is 4.26. The Morgan fingerprint density at radius 2 is 2.00 bits per heavy atom. The fraction of sp³-hybridized carbons (Fsp3) is 1.00. The summed E-state index contributed by atoms with van der Waals surface area (Å²) in [6, 6.07) is 0.764. The predicted octanol–water partition coefficient (Wildman–Crippen LogP) is 3.93. The molecule has 2 unspecified atom stereocenters. The first kappa shape index (κ1) is 14.1. The summed E-state index contributed by atoms with van der Waals surface area (Å²) in [5, 5.41) is 4.70. The topological polar surface area (TPSA) is 12.0 Å². The van der Waals surface area contributed by atoms with Gasteiger partial charge in [0.1, 0.15) is 0 Å². The van der Waals surface area contributed by atoms with Crippen LogP contribution in [-0.4, -0.2) is 34.6 Å². The monoisotopic (exact) mass is 273 g/mol. The highest BCUT2D eigenvalue weighted by atomic mass is 32.2. The van der Waals surface area contributed by atoms with Crippen LogP contribution in [0.1, 0.15) is 51.9 Å². The molecule has 1 nitrogen and oxygen atoms in total. The molecule has 0 amide bonds.